The van der Waals surface area contributed by atoms with Crippen molar-refractivity contribution in [1.82, 2.24) is 0 Å². The van der Waals surface area contributed by atoms with Crippen molar-refractivity contribution in [2.75, 3.05) is 19.1 Å². The summed E-state index contributed by atoms with van der Waals surface area (Å²) in [6, 6.07) is 0. The maximum Gasteiger partial charge on any atom is 0.316 e. The van der Waals surface area contributed by atoms with E-state index in [2.05, 4.69) is 34.7 Å². The van der Waals surface area contributed by atoms with E-state index in [1.165, 1.54) is 16.7 Å². The molecular weight excluding hydrogens is 234 g/mol. The zero-order chi connectivity index (χ0) is 13.3. The van der Waals surface area contributed by atoms with E-state index in [9.17, 15) is 4.79 Å². The Bertz CT molecular complexity index is 271. The van der Waals surface area contributed by atoms with Gasteiger partial charge in [-0.2, -0.15) is 11.8 Å². The minimum absolute atomic E-state index is 0.0725. The zero-order valence-corrected chi connectivity index (χ0v) is 12.7. The molecule has 0 atom stereocenters. The van der Waals surface area contributed by atoms with Gasteiger partial charge in [0.05, 0.1) is 23.9 Å². The van der Waals surface area contributed by atoms with Gasteiger partial charge in [-0.1, -0.05) is 0 Å². The Kier molecular flexibility index (Phi) is 4.53. The molecule has 1 aliphatic heterocycles. The number of esters is 1. The topological polar surface area (TPSA) is 30.7 Å². The van der Waals surface area contributed by atoms with Crippen LogP contribution in [0, 0.1) is 0 Å². The average molecular weight is 260 g/mol. The summed E-state index contributed by atoms with van der Waals surface area (Å²) in [5.74, 6) is 0.383. The molecule has 0 radical (unpaired) electrons. The predicted octanol–water partition coefficient (Wildman–Crippen LogP) is 1.13. The highest BCUT2D eigenvalue weighted by Crippen LogP contribution is 2.25. The Labute approximate surface area is 109 Å². The van der Waals surface area contributed by atoms with Crippen molar-refractivity contribution in [3.05, 3.63) is 0 Å². The molecule has 100 valence electrons. The van der Waals surface area contributed by atoms with Gasteiger partial charge in [0, 0.05) is 12.8 Å². The summed E-state index contributed by atoms with van der Waals surface area (Å²) in [5.41, 5.74) is 0.318. The molecule has 17 heavy (non-hydrogen) atoms. The monoisotopic (exact) mass is 260 g/mol. The van der Waals surface area contributed by atoms with Gasteiger partial charge in [-0.05, 0) is 34.0 Å². The quantitative estimate of drug-likeness (QED) is 0.772. The van der Waals surface area contributed by atoms with E-state index in [0.717, 1.165) is 12.8 Å². The van der Waals surface area contributed by atoms with Crippen molar-refractivity contribution >= 4 is 17.7 Å². The standard InChI is InChI=1S/C13H25NO2S/c1-12(2)7-10(16-11(15)9-17-6)8-13(3,4)14(12)5/h10H,7-9H2,1-6H3/p+1. The van der Waals surface area contributed by atoms with E-state index in [4.69, 9.17) is 4.74 Å². The molecule has 1 saturated heterocycles. The summed E-state index contributed by atoms with van der Waals surface area (Å²) in [4.78, 5) is 13.1. The van der Waals surface area contributed by atoms with E-state index in [1.54, 1.807) is 0 Å². The van der Waals surface area contributed by atoms with Crippen molar-refractivity contribution in [2.24, 2.45) is 0 Å². The van der Waals surface area contributed by atoms with Gasteiger partial charge in [-0.3, -0.25) is 4.79 Å². The minimum atomic E-state index is -0.0753. The number of carbonyl (C=O) groups excluding carboxylic acids is 1. The van der Waals surface area contributed by atoms with Gasteiger partial charge in [0.2, 0.25) is 0 Å². The molecule has 0 spiro atoms. The Morgan fingerprint density at radius 3 is 2.18 bits per heavy atom. The molecule has 0 bridgehead atoms. The molecule has 0 saturated carbocycles. The Morgan fingerprint density at radius 2 is 1.76 bits per heavy atom. The lowest BCUT2D eigenvalue weighted by molar-refractivity contribution is -0.983. The molecule has 1 rings (SSSR count). The summed E-state index contributed by atoms with van der Waals surface area (Å²) in [6.45, 7) is 8.99. The van der Waals surface area contributed by atoms with Gasteiger partial charge in [0.25, 0.3) is 0 Å². The molecule has 0 amide bonds. The summed E-state index contributed by atoms with van der Waals surface area (Å²) in [6.07, 6.45) is 3.89. The number of hydrogen-bond acceptors (Lipinski definition) is 3. The van der Waals surface area contributed by atoms with E-state index < -0.39 is 0 Å². The molecule has 1 N–H and O–H groups in total. The fraction of sp³-hybridized carbons (Fsp3) is 0.923. The van der Waals surface area contributed by atoms with Crippen LogP contribution in [-0.2, 0) is 9.53 Å². The molecule has 0 aliphatic carbocycles. The van der Waals surface area contributed by atoms with Crippen molar-refractivity contribution in [3.8, 4) is 0 Å². The van der Waals surface area contributed by atoms with Gasteiger partial charge in [0.1, 0.15) is 6.10 Å². The number of hydrogen-bond donors (Lipinski definition) is 1. The van der Waals surface area contributed by atoms with Crippen LogP contribution in [0.15, 0.2) is 0 Å². The highest BCUT2D eigenvalue weighted by Gasteiger charge is 2.48. The molecule has 3 nitrogen and oxygen atoms in total. The van der Waals surface area contributed by atoms with Crippen LogP contribution in [0.3, 0.4) is 0 Å². The Morgan fingerprint density at radius 1 is 1.29 bits per heavy atom. The fourth-order valence-electron chi connectivity index (χ4n) is 2.85. The van der Waals surface area contributed by atoms with Crippen LogP contribution in [0.4, 0.5) is 0 Å². The summed E-state index contributed by atoms with van der Waals surface area (Å²) < 4.78 is 5.58. The van der Waals surface area contributed by atoms with Gasteiger partial charge >= 0.3 is 5.97 Å². The first kappa shape index (κ1) is 14.8. The molecular formula is C13H26NO2S+. The van der Waals surface area contributed by atoms with Gasteiger partial charge in [0.15, 0.2) is 0 Å². The highest BCUT2D eigenvalue weighted by atomic mass is 32.2. The van der Waals surface area contributed by atoms with Crippen LogP contribution < -0.4 is 4.90 Å². The number of carbonyl (C=O) groups is 1. The predicted molar refractivity (Wildman–Crippen MR) is 72.5 cm³/mol. The van der Waals surface area contributed by atoms with Crippen LogP contribution in [-0.4, -0.2) is 42.2 Å². The second-order valence-electron chi connectivity index (χ2n) is 6.35. The van der Waals surface area contributed by atoms with Crippen molar-refractivity contribution in [3.63, 3.8) is 0 Å². The molecule has 0 aromatic heterocycles. The summed E-state index contributed by atoms with van der Waals surface area (Å²) >= 11 is 1.52. The zero-order valence-electron chi connectivity index (χ0n) is 11.9. The molecule has 4 heteroatoms. The SMILES string of the molecule is CSCC(=O)OC1CC(C)(C)[NH+](C)C(C)(C)C1. The smallest absolute Gasteiger partial charge is 0.316 e. The molecule has 1 fully saturated rings. The highest BCUT2D eigenvalue weighted by molar-refractivity contribution is 7.99. The number of rotatable bonds is 3. The van der Waals surface area contributed by atoms with Crippen molar-refractivity contribution in [1.29, 1.82) is 0 Å². The minimum Gasteiger partial charge on any atom is -0.461 e. The van der Waals surface area contributed by atoms with Crippen LogP contribution in [0.25, 0.3) is 0 Å². The fourth-order valence-corrected chi connectivity index (χ4v) is 3.16. The van der Waals surface area contributed by atoms with Crippen LogP contribution in [0.1, 0.15) is 40.5 Å². The van der Waals surface area contributed by atoms with Gasteiger partial charge in [-0.25, -0.2) is 0 Å². The first-order valence-electron chi connectivity index (χ1n) is 6.22. The van der Waals surface area contributed by atoms with Gasteiger partial charge < -0.3 is 9.64 Å². The van der Waals surface area contributed by atoms with Gasteiger partial charge in [-0.15, -0.1) is 0 Å². The third-order valence-electron chi connectivity index (χ3n) is 4.07. The average Bonchev–Trinajstić information content (AvgIpc) is 2.13. The first-order valence-corrected chi connectivity index (χ1v) is 7.61. The Hall–Kier alpha value is -0.220. The van der Waals surface area contributed by atoms with Crippen molar-refractivity contribution < 1.29 is 14.4 Å². The lowest BCUT2D eigenvalue weighted by Gasteiger charge is -2.49. The normalized spacial score (nSPS) is 30.9. The Balaban J connectivity index is 2.68. The molecule has 1 aliphatic rings. The summed E-state index contributed by atoms with van der Waals surface area (Å²) in [7, 11) is 2.24. The molecule has 0 aromatic rings. The lowest BCUT2D eigenvalue weighted by Crippen LogP contribution is -3.24. The maximum atomic E-state index is 11.6. The number of nitrogens with one attached hydrogen (secondary N) is 1. The molecule has 0 aromatic carbocycles. The van der Waals surface area contributed by atoms with E-state index in [1.807, 2.05) is 6.26 Å². The third-order valence-corrected chi connectivity index (χ3v) is 4.59. The number of ether oxygens (including phenoxy) is 1. The van der Waals surface area contributed by atoms with E-state index in [0.29, 0.717) is 5.75 Å². The molecule has 1 heterocycles. The lowest BCUT2D eigenvalue weighted by atomic mass is 9.79. The van der Waals surface area contributed by atoms with Crippen LogP contribution in [0.2, 0.25) is 0 Å². The van der Waals surface area contributed by atoms with Crippen molar-refractivity contribution in [2.45, 2.75) is 57.7 Å². The second-order valence-corrected chi connectivity index (χ2v) is 7.21. The van der Waals surface area contributed by atoms with Crippen LogP contribution >= 0.6 is 11.8 Å². The van der Waals surface area contributed by atoms with E-state index in [-0.39, 0.29) is 23.2 Å². The maximum absolute atomic E-state index is 11.6. The summed E-state index contributed by atoms with van der Waals surface area (Å²) in [5, 5.41) is 0. The number of thioether (sulfide) groups is 1. The molecule has 0 unspecified atom stereocenters. The number of piperidine rings is 1. The first-order chi connectivity index (χ1) is 7.69. The second kappa shape index (κ2) is 5.19. The van der Waals surface area contributed by atoms with E-state index >= 15 is 0 Å². The third kappa shape index (κ3) is 3.62. The van der Waals surface area contributed by atoms with Crippen LogP contribution in [0.5, 0.6) is 0 Å². The number of quaternary nitrogens is 1. The number of likely N-dealkylation sites (tertiary alicyclic amines) is 1. The largest absolute Gasteiger partial charge is 0.461 e.